The number of nitrogens with zero attached hydrogens (tertiary/aromatic N) is 1. The van der Waals surface area contributed by atoms with Gasteiger partial charge in [-0.2, -0.15) is 0 Å². The number of anilines is 1. The first-order valence-electron chi connectivity index (χ1n) is 5.83. The van der Waals surface area contributed by atoms with Crippen molar-refractivity contribution in [2.45, 2.75) is 20.4 Å². The molecule has 2 rings (SSSR count). The zero-order valence-electron chi connectivity index (χ0n) is 9.91. The first-order chi connectivity index (χ1) is 7.58. The van der Waals surface area contributed by atoms with Gasteiger partial charge in [0, 0.05) is 25.2 Å². The van der Waals surface area contributed by atoms with Gasteiger partial charge >= 0.3 is 0 Å². The Morgan fingerprint density at radius 1 is 1.31 bits per heavy atom. The molecule has 1 heterocycles. The number of hydrogen-bond acceptors (Lipinski definition) is 2. The molecule has 1 aliphatic heterocycles. The van der Waals surface area contributed by atoms with Crippen molar-refractivity contribution in [2.24, 2.45) is 11.8 Å². The highest BCUT2D eigenvalue weighted by molar-refractivity contribution is 5.42. The van der Waals surface area contributed by atoms with Crippen molar-refractivity contribution in [3.05, 3.63) is 29.6 Å². The standard InChI is InChI=1S/C13H19FN2/c1-9-6-16(7-10(9)2)8-11-4-3-5-12(15)13(11)14/h3-5,9-10H,6-8,15H2,1-2H3. The molecule has 2 unspecified atom stereocenters. The Morgan fingerprint density at radius 2 is 1.94 bits per heavy atom. The average Bonchev–Trinajstić information content (AvgIpc) is 2.54. The number of nitrogen functional groups attached to an aromatic ring is 1. The minimum absolute atomic E-state index is 0.248. The number of hydrogen-bond donors (Lipinski definition) is 1. The third-order valence-corrected chi connectivity index (χ3v) is 3.57. The van der Waals surface area contributed by atoms with E-state index in [4.69, 9.17) is 5.73 Å². The van der Waals surface area contributed by atoms with Crippen molar-refractivity contribution >= 4 is 5.69 Å². The second kappa shape index (κ2) is 4.42. The Kier molecular flexibility index (Phi) is 3.15. The Morgan fingerprint density at radius 3 is 2.56 bits per heavy atom. The first-order valence-corrected chi connectivity index (χ1v) is 5.83. The molecule has 1 aromatic rings. The van der Waals surface area contributed by atoms with Crippen LogP contribution in [-0.4, -0.2) is 18.0 Å². The minimum Gasteiger partial charge on any atom is -0.396 e. The van der Waals surface area contributed by atoms with Crippen molar-refractivity contribution in [3.8, 4) is 0 Å². The second-order valence-electron chi connectivity index (χ2n) is 4.97. The van der Waals surface area contributed by atoms with Crippen molar-refractivity contribution in [2.75, 3.05) is 18.8 Å². The van der Waals surface area contributed by atoms with Crippen LogP contribution in [0, 0.1) is 17.7 Å². The molecule has 1 aliphatic rings. The maximum atomic E-state index is 13.7. The van der Waals surface area contributed by atoms with E-state index < -0.39 is 0 Å². The molecule has 1 aromatic carbocycles. The van der Waals surface area contributed by atoms with Crippen molar-refractivity contribution in [3.63, 3.8) is 0 Å². The van der Waals surface area contributed by atoms with Gasteiger partial charge in [0.25, 0.3) is 0 Å². The molecule has 1 fully saturated rings. The molecule has 1 saturated heterocycles. The SMILES string of the molecule is CC1CN(Cc2cccc(N)c2F)CC1C. The molecule has 0 aromatic heterocycles. The fourth-order valence-electron chi connectivity index (χ4n) is 2.34. The van der Waals surface area contributed by atoms with E-state index in [9.17, 15) is 4.39 Å². The van der Waals surface area contributed by atoms with Gasteiger partial charge in [0.1, 0.15) is 0 Å². The van der Waals surface area contributed by atoms with Gasteiger partial charge in [0.05, 0.1) is 5.69 Å². The molecule has 88 valence electrons. The summed E-state index contributed by atoms with van der Waals surface area (Å²) < 4.78 is 13.7. The maximum absolute atomic E-state index is 13.7. The molecular formula is C13H19FN2. The number of likely N-dealkylation sites (tertiary alicyclic amines) is 1. The molecule has 0 aliphatic carbocycles. The average molecular weight is 222 g/mol. The molecule has 2 N–H and O–H groups in total. The molecule has 2 atom stereocenters. The highest BCUT2D eigenvalue weighted by Gasteiger charge is 2.26. The zero-order chi connectivity index (χ0) is 11.7. The van der Waals surface area contributed by atoms with Crippen molar-refractivity contribution in [1.29, 1.82) is 0 Å². The van der Waals surface area contributed by atoms with E-state index in [0.29, 0.717) is 23.9 Å². The fraction of sp³-hybridized carbons (Fsp3) is 0.538. The normalized spacial score (nSPS) is 26.2. The van der Waals surface area contributed by atoms with Gasteiger partial charge in [-0.25, -0.2) is 4.39 Å². The van der Waals surface area contributed by atoms with Gasteiger partial charge in [-0.3, -0.25) is 4.90 Å². The lowest BCUT2D eigenvalue weighted by atomic mass is 10.0. The van der Waals surface area contributed by atoms with Gasteiger partial charge in [0.2, 0.25) is 0 Å². The number of halogens is 1. The molecule has 3 heteroatoms. The summed E-state index contributed by atoms with van der Waals surface area (Å²) in [5.74, 6) is 1.14. The quantitative estimate of drug-likeness (QED) is 0.779. The van der Waals surface area contributed by atoms with E-state index in [-0.39, 0.29) is 11.5 Å². The van der Waals surface area contributed by atoms with E-state index in [1.165, 1.54) is 0 Å². The highest BCUT2D eigenvalue weighted by Crippen LogP contribution is 2.25. The third-order valence-electron chi connectivity index (χ3n) is 3.57. The summed E-state index contributed by atoms with van der Waals surface area (Å²) in [6.07, 6.45) is 0. The summed E-state index contributed by atoms with van der Waals surface area (Å²) in [4.78, 5) is 2.30. The third kappa shape index (κ3) is 2.19. The van der Waals surface area contributed by atoms with Crippen LogP contribution in [-0.2, 0) is 6.54 Å². The highest BCUT2D eigenvalue weighted by atomic mass is 19.1. The summed E-state index contributed by atoms with van der Waals surface area (Å²) in [6.45, 7) is 7.27. The lowest BCUT2D eigenvalue weighted by Gasteiger charge is -2.16. The molecule has 0 spiro atoms. The Labute approximate surface area is 96.2 Å². The van der Waals surface area contributed by atoms with Crippen LogP contribution in [0.15, 0.2) is 18.2 Å². The van der Waals surface area contributed by atoms with Gasteiger partial charge in [0.15, 0.2) is 5.82 Å². The summed E-state index contributed by atoms with van der Waals surface area (Å²) in [7, 11) is 0. The lowest BCUT2D eigenvalue weighted by molar-refractivity contribution is 0.311. The molecule has 2 nitrogen and oxygen atoms in total. The number of benzene rings is 1. The molecule has 0 bridgehead atoms. The number of nitrogens with two attached hydrogens (primary N) is 1. The Bertz CT molecular complexity index is 368. The van der Waals surface area contributed by atoms with Gasteiger partial charge < -0.3 is 5.73 Å². The van der Waals surface area contributed by atoms with E-state index >= 15 is 0 Å². The van der Waals surface area contributed by atoms with Crippen LogP contribution in [0.25, 0.3) is 0 Å². The van der Waals surface area contributed by atoms with Gasteiger partial charge in [-0.1, -0.05) is 26.0 Å². The maximum Gasteiger partial charge on any atom is 0.150 e. The Balaban J connectivity index is 2.08. The molecule has 0 radical (unpaired) electrons. The van der Waals surface area contributed by atoms with Crippen LogP contribution < -0.4 is 5.73 Å². The second-order valence-corrected chi connectivity index (χ2v) is 4.97. The fourth-order valence-corrected chi connectivity index (χ4v) is 2.34. The lowest BCUT2D eigenvalue weighted by Crippen LogP contribution is -2.21. The smallest absolute Gasteiger partial charge is 0.150 e. The molecular weight excluding hydrogens is 203 g/mol. The van der Waals surface area contributed by atoms with Crippen LogP contribution in [0.4, 0.5) is 10.1 Å². The number of rotatable bonds is 2. The predicted molar refractivity (Wildman–Crippen MR) is 64.4 cm³/mol. The summed E-state index contributed by atoms with van der Waals surface area (Å²) in [6, 6.07) is 5.24. The molecule has 0 saturated carbocycles. The monoisotopic (exact) mass is 222 g/mol. The van der Waals surface area contributed by atoms with Gasteiger partial charge in [-0.15, -0.1) is 0 Å². The largest absolute Gasteiger partial charge is 0.396 e. The summed E-state index contributed by atoms with van der Waals surface area (Å²) >= 11 is 0. The van der Waals surface area contributed by atoms with Crippen LogP contribution in [0.3, 0.4) is 0 Å². The summed E-state index contributed by atoms with van der Waals surface area (Å²) in [5.41, 5.74) is 6.51. The van der Waals surface area contributed by atoms with Crippen LogP contribution in [0.5, 0.6) is 0 Å². The zero-order valence-corrected chi connectivity index (χ0v) is 9.91. The van der Waals surface area contributed by atoms with Gasteiger partial charge in [-0.05, 0) is 17.9 Å². The predicted octanol–water partition coefficient (Wildman–Crippen LogP) is 2.50. The van der Waals surface area contributed by atoms with Crippen LogP contribution >= 0.6 is 0 Å². The van der Waals surface area contributed by atoms with E-state index in [2.05, 4.69) is 18.7 Å². The molecule has 16 heavy (non-hydrogen) atoms. The molecule has 0 amide bonds. The van der Waals surface area contributed by atoms with Crippen LogP contribution in [0.1, 0.15) is 19.4 Å². The summed E-state index contributed by atoms with van der Waals surface area (Å²) in [5, 5.41) is 0. The van der Waals surface area contributed by atoms with E-state index in [0.717, 1.165) is 13.1 Å². The van der Waals surface area contributed by atoms with Crippen LogP contribution in [0.2, 0.25) is 0 Å². The minimum atomic E-state index is -0.255. The van der Waals surface area contributed by atoms with E-state index in [1.807, 2.05) is 12.1 Å². The topological polar surface area (TPSA) is 29.3 Å². The Hall–Kier alpha value is -1.09. The van der Waals surface area contributed by atoms with E-state index in [1.54, 1.807) is 6.07 Å². The van der Waals surface area contributed by atoms with Crippen molar-refractivity contribution in [1.82, 2.24) is 4.90 Å². The van der Waals surface area contributed by atoms with Crippen molar-refractivity contribution < 1.29 is 4.39 Å². The first kappa shape index (κ1) is 11.4.